The molecule has 0 radical (unpaired) electrons. The standard InChI is InChI=1S/C18H16F2N2O3S2/c1-2-25-17(23)15-13(9-27-10-5-6-11(19)12(20)8-10)21-18(24)22-16(15)14-4-3-7-26-14/h3-8,16H,2,9H2,1H3,(H2,21,22,24). The lowest BCUT2D eigenvalue weighted by molar-refractivity contribution is -0.139. The van der Waals surface area contributed by atoms with Gasteiger partial charge in [0.25, 0.3) is 0 Å². The maximum absolute atomic E-state index is 13.4. The van der Waals surface area contributed by atoms with Crippen LogP contribution in [0.3, 0.4) is 0 Å². The minimum atomic E-state index is -0.953. The summed E-state index contributed by atoms with van der Waals surface area (Å²) < 4.78 is 31.7. The van der Waals surface area contributed by atoms with Gasteiger partial charge in [0.15, 0.2) is 11.6 Å². The van der Waals surface area contributed by atoms with Gasteiger partial charge in [-0.15, -0.1) is 23.1 Å². The lowest BCUT2D eigenvalue weighted by Crippen LogP contribution is -2.46. The summed E-state index contributed by atoms with van der Waals surface area (Å²) in [6, 6.07) is 6.12. The van der Waals surface area contributed by atoms with Crippen LogP contribution >= 0.6 is 23.1 Å². The smallest absolute Gasteiger partial charge is 0.338 e. The number of thioether (sulfide) groups is 1. The van der Waals surface area contributed by atoms with E-state index >= 15 is 0 Å². The Bertz CT molecular complexity index is 885. The fourth-order valence-electron chi connectivity index (χ4n) is 2.57. The van der Waals surface area contributed by atoms with E-state index in [4.69, 9.17) is 4.74 Å². The largest absolute Gasteiger partial charge is 0.463 e. The predicted molar refractivity (Wildman–Crippen MR) is 99.5 cm³/mol. The van der Waals surface area contributed by atoms with Crippen LogP contribution in [0.15, 0.2) is 51.9 Å². The second-order valence-electron chi connectivity index (χ2n) is 5.52. The summed E-state index contributed by atoms with van der Waals surface area (Å²) in [5, 5.41) is 7.22. The van der Waals surface area contributed by atoms with E-state index in [1.165, 1.54) is 29.2 Å². The highest BCUT2D eigenvalue weighted by molar-refractivity contribution is 7.99. The molecule has 142 valence electrons. The van der Waals surface area contributed by atoms with Crippen LogP contribution < -0.4 is 10.6 Å². The van der Waals surface area contributed by atoms with Crippen LogP contribution in [-0.4, -0.2) is 24.4 Å². The molecule has 1 aliphatic heterocycles. The minimum absolute atomic E-state index is 0.189. The zero-order chi connectivity index (χ0) is 19.4. The van der Waals surface area contributed by atoms with E-state index in [1.807, 2.05) is 17.5 Å². The Morgan fingerprint density at radius 3 is 2.78 bits per heavy atom. The van der Waals surface area contributed by atoms with E-state index < -0.39 is 29.7 Å². The number of urea groups is 1. The highest BCUT2D eigenvalue weighted by atomic mass is 32.2. The molecule has 0 aliphatic carbocycles. The summed E-state index contributed by atoms with van der Waals surface area (Å²) >= 11 is 2.59. The van der Waals surface area contributed by atoms with Gasteiger partial charge in [-0.05, 0) is 36.6 Å². The van der Waals surface area contributed by atoms with E-state index in [2.05, 4.69) is 10.6 Å². The molecule has 1 aromatic heterocycles. The average Bonchev–Trinajstić information content (AvgIpc) is 3.17. The van der Waals surface area contributed by atoms with Crippen LogP contribution in [0, 0.1) is 11.6 Å². The molecule has 0 fully saturated rings. The third-order valence-corrected chi connectivity index (χ3v) is 5.71. The number of hydrogen-bond acceptors (Lipinski definition) is 5. The number of benzene rings is 1. The van der Waals surface area contributed by atoms with Crippen molar-refractivity contribution >= 4 is 35.1 Å². The molecule has 1 unspecified atom stereocenters. The van der Waals surface area contributed by atoms with E-state index in [1.54, 1.807) is 6.92 Å². The molecule has 0 bridgehead atoms. The van der Waals surface area contributed by atoms with Gasteiger partial charge in [0, 0.05) is 21.2 Å². The van der Waals surface area contributed by atoms with Crippen LogP contribution in [0.2, 0.25) is 0 Å². The number of hydrogen-bond donors (Lipinski definition) is 2. The molecule has 1 atom stereocenters. The fourth-order valence-corrected chi connectivity index (χ4v) is 4.25. The number of rotatable bonds is 6. The molecule has 0 saturated heterocycles. The summed E-state index contributed by atoms with van der Waals surface area (Å²) in [6.07, 6.45) is 0. The molecule has 27 heavy (non-hydrogen) atoms. The molecule has 9 heteroatoms. The number of nitrogens with one attached hydrogen (secondary N) is 2. The van der Waals surface area contributed by atoms with Gasteiger partial charge in [0.05, 0.1) is 18.2 Å². The maximum Gasteiger partial charge on any atom is 0.338 e. The van der Waals surface area contributed by atoms with Crippen molar-refractivity contribution in [2.24, 2.45) is 0 Å². The zero-order valence-corrected chi connectivity index (χ0v) is 15.9. The summed E-state index contributed by atoms with van der Waals surface area (Å²) in [6.45, 7) is 1.89. The van der Waals surface area contributed by atoms with Crippen molar-refractivity contribution in [1.29, 1.82) is 0 Å². The molecular formula is C18H16F2N2O3S2. The summed E-state index contributed by atoms with van der Waals surface area (Å²) in [5.74, 6) is -2.23. The van der Waals surface area contributed by atoms with Gasteiger partial charge in [0.2, 0.25) is 0 Å². The first-order valence-electron chi connectivity index (χ1n) is 8.08. The first-order chi connectivity index (χ1) is 13.0. The molecule has 5 nitrogen and oxygen atoms in total. The van der Waals surface area contributed by atoms with E-state index in [9.17, 15) is 18.4 Å². The molecular weight excluding hydrogens is 394 g/mol. The third-order valence-electron chi connectivity index (χ3n) is 3.75. The van der Waals surface area contributed by atoms with Crippen molar-refractivity contribution in [3.63, 3.8) is 0 Å². The second kappa shape index (κ2) is 8.53. The van der Waals surface area contributed by atoms with Crippen molar-refractivity contribution in [1.82, 2.24) is 10.6 Å². The van der Waals surface area contributed by atoms with Gasteiger partial charge in [-0.25, -0.2) is 18.4 Å². The Hall–Kier alpha value is -2.39. The fraction of sp³-hybridized carbons (Fsp3) is 0.222. The van der Waals surface area contributed by atoms with Gasteiger partial charge in [-0.1, -0.05) is 6.07 Å². The van der Waals surface area contributed by atoms with Crippen LogP contribution in [0.5, 0.6) is 0 Å². The Labute approximate surface area is 162 Å². The molecule has 2 aromatic rings. The number of amides is 2. The van der Waals surface area contributed by atoms with Gasteiger partial charge in [0.1, 0.15) is 0 Å². The van der Waals surface area contributed by atoms with E-state index in [0.717, 1.165) is 17.0 Å². The van der Waals surface area contributed by atoms with Gasteiger partial charge in [-0.3, -0.25) is 0 Å². The van der Waals surface area contributed by atoms with Crippen molar-refractivity contribution in [3.8, 4) is 0 Å². The summed E-state index contributed by atoms with van der Waals surface area (Å²) in [4.78, 5) is 25.9. The van der Waals surface area contributed by atoms with Crippen LogP contribution in [0.1, 0.15) is 17.8 Å². The Balaban J connectivity index is 1.92. The Morgan fingerprint density at radius 1 is 1.30 bits per heavy atom. The lowest BCUT2D eigenvalue weighted by atomic mass is 10.0. The van der Waals surface area contributed by atoms with Crippen molar-refractivity contribution in [2.45, 2.75) is 17.9 Å². The maximum atomic E-state index is 13.4. The molecule has 2 heterocycles. The predicted octanol–water partition coefficient (Wildman–Crippen LogP) is 3.99. The molecule has 1 aromatic carbocycles. The number of halogens is 2. The SMILES string of the molecule is CCOC(=O)C1=C(CSc2ccc(F)c(F)c2)NC(=O)NC1c1cccs1. The molecule has 0 spiro atoms. The van der Waals surface area contributed by atoms with E-state index in [-0.39, 0.29) is 12.4 Å². The zero-order valence-electron chi connectivity index (χ0n) is 14.3. The first-order valence-corrected chi connectivity index (χ1v) is 9.95. The molecule has 2 N–H and O–H groups in total. The summed E-state index contributed by atoms with van der Waals surface area (Å²) in [7, 11) is 0. The van der Waals surface area contributed by atoms with Gasteiger partial charge >= 0.3 is 12.0 Å². The van der Waals surface area contributed by atoms with Crippen molar-refractivity contribution < 1.29 is 23.1 Å². The Kier molecular flexibility index (Phi) is 6.12. The van der Waals surface area contributed by atoms with Crippen LogP contribution in [-0.2, 0) is 9.53 Å². The topological polar surface area (TPSA) is 67.4 Å². The number of carbonyl (C=O) groups is 2. The Morgan fingerprint density at radius 2 is 2.11 bits per heavy atom. The highest BCUT2D eigenvalue weighted by Gasteiger charge is 2.34. The quantitative estimate of drug-likeness (QED) is 0.558. The van der Waals surface area contributed by atoms with Crippen LogP contribution in [0.25, 0.3) is 0 Å². The average molecular weight is 410 g/mol. The normalized spacial score (nSPS) is 16.7. The van der Waals surface area contributed by atoms with Gasteiger partial charge in [-0.2, -0.15) is 0 Å². The summed E-state index contributed by atoms with van der Waals surface area (Å²) in [5.41, 5.74) is 0.680. The van der Waals surface area contributed by atoms with Crippen molar-refractivity contribution in [3.05, 3.63) is 63.5 Å². The number of ether oxygens (including phenoxy) is 1. The second-order valence-corrected chi connectivity index (χ2v) is 7.55. The molecule has 0 saturated carbocycles. The molecule has 3 rings (SSSR count). The van der Waals surface area contributed by atoms with Gasteiger partial charge < -0.3 is 15.4 Å². The van der Waals surface area contributed by atoms with E-state index in [0.29, 0.717) is 16.2 Å². The first kappa shape index (κ1) is 19.4. The van der Waals surface area contributed by atoms with Crippen molar-refractivity contribution in [2.75, 3.05) is 12.4 Å². The minimum Gasteiger partial charge on any atom is -0.463 e. The van der Waals surface area contributed by atoms with Crippen LogP contribution in [0.4, 0.5) is 13.6 Å². The monoisotopic (exact) mass is 410 g/mol. The molecule has 2 amide bonds. The number of esters is 1. The number of thiophene rings is 1. The molecule has 1 aliphatic rings. The third kappa shape index (κ3) is 4.48. The highest BCUT2D eigenvalue weighted by Crippen LogP contribution is 2.33. The number of carbonyl (C=O) groups excluding carboxylic acids is 2. The lowest BCUT2D eigenvalue weighted by Gasteiger charge is -2.28.